The fourth-order valence-corrected chi connectivity index (χ4v) is 3.36. The van der Waals surface area contributed by atoms with Crippen LogP contribution in [0, 0.1) is 0 Å². The quantitative estimate of drug-likeness (QED) is 0.265. The van der Waals surface area contributed by atoms with E-state index in [4.69, 9.17) is 28.9 Å². The van der Waals surface area contributed by atoms with Gasteiger partial charge in [0.2, 0.25) is 5.91 Å². The maximum absolute atomic E-state index is 11.6. The molecule has 0 aliphatic carbocycles. The molecule has 0 bridgehead atoms. The van der Waals surface area contributed by atoms with Gasteiger partial charge in [0.1, 0.15) is 0 Å². The topological polar surface area (TPSA) is 70.7 Å². The van der Waals surface area contributed by atoms with Crippen LogP contribution >= 0.6 is 47.2 Å². The Hall–Kier alpha value is -1.51. The number of nitrogens with two attached hydrogens (primary N) is 1. The van der Waals surface area contributed by atoms with Gasteiger partial charge in [0, 0.05) is 28.7 Å². The van der Waals surface area contributed by atoms with Crippen LogP contribution in [0.25, 0.3) is 0 Å². The molecule has 8 heteroatoms. The molecule has 144 valence electrons. The fourth-order valence-electron chi connectivity index (χ4n) is 2.79. The van der Waals surface area contributed by atoms with E-state index in [9.17, 15) is 4.79 Å². The number of rotatable bonds is 5. The van der Waals surface area contributed by atoms with Crippen molar-refractivity contribution in [3.05, 3.63) is 63.6 Å². The molecule has 1 fully saturated rings. The summed E-state index contributed by atoms with van der Waals surface area (Å²) in [7, 11) is 0. The minimum absolute atomic E-state index is 0. The number of carbonyl (C=O) groups is 1. The van der Waals surface area contributed by atoms with E-state index >= 15 is 0 Å². The number of benzene rings is 2. The van der Waals surface area contributed by atoms with Crippen molar-refractivity contribution in [1.82, 2.24) is 5.32 Å². The summed E-state index contributed by atoms with van der Waals surface area (Å²) < 4.78 is 0. The molecule has 0 spiro atoms. The molecule has 1 unspecified atom stereocenters. The maximum Gasteiger partial charge on any atom is 0.228 e. The third-order valence-corrected chi connectivity index (χ3v) is 4.86. The number of amides is 1. The second-order valence-corrected chi connectivity index (χ2v) is 7.04. The van der Waals surface area contributed by atoms with Crippen molar-refractivity contribution in [1.29, 1.82) is 0 Å². The Morgan fingerprint density at radius 2 is 2.07 bits per heavy atom. The van der Waals surface area contributed by atoms with E-state index < -0.39 is 0 Å². The summed E-state index contributed by atoms with van der Waals surface area (Å²) in [6.45, 7) is 3.15. The van der Waals surface area contributed by atoms with Crippen molar-refractivity contribution in [3.63, 3.8) is 0 Å². The van der Waals surface area contributed by atoms with Crippen LogP contribution in [0.5, 0.6) is 0 Å². The first-order chi connectivity index (χ1) is 12.4. The standard InChI is InChI=1S/C19H20Cl2N4O.HI/c1-12(16-6-5-14(20)10-17(16)21)24-19(22)23-11-13-3-2-4-15(9-13)25-8-7-18(25)26;/h2-6,9-10,12H,7-8,11H2,1H3,(H3,22,23,24);1H. The van der Waals surface area contributed by atoms with Gasteiger partial charge in [0.25, 0.3) is 0 Å². The zero-order valence-corrected chi connectivity index (χ0v) is 18.6. The second-order valence-electron chi connectivity index (χ2n) is 6.20. The molecule has 3 rings (SSSR count). The summed E-state index contributed by atoms with van der Waals surface area (Å²) in [6, 6.07) is 13.0. The molecular weight excluding hydrogens is 498 g/mol. The average molecular weight is 519 g/mol. The molecule has 1 aliphatic rings. The van der Waals surface area contributed by atoms with Crippen molar-refractivity contribution in [2.24, 2.45) is 10.7 Å². The van der Waals surface area contributed by atoms with Gasteiger partial charge >= 0.3 is 0 Å². The zero-order valence-electron chi connectivity index (χ0n) is 14.8. The first-order valence-electron chi connectivity index (χ1n) is 8.35. The molecule has 5 nitrogen and oxygen atoms in total. The van der Waals surface area contributed by atoms with Crippen molar-refractivity contribution < 1.29 is 4.79 Å². The van der Waals surface area contributed by atoms with Crippen LogP contribution in [0.15, 0.2) is 47.5 Å². The Labute approximate surface area is 185 Å². The SMILES string of the molecule is CC(NC(N)=NCc1cccc(N2CCC2=O)c1)c1ccc(Cl)cc1Cl.I. The van der Waals surface area contributed by atoms with Crippen molar-refractivity contribution in [2.75, 3.05) is 11.4 Å². The van der Waals surface area contributed by atoms with E-state index in [0.717, 1.165) is 23.4 Å². The van der Waals surface area contributed by atoms with Crippen LogP contribution in [0.1, 0.15) is 30.5 Å². The summed E-state index contributed by atoms with van der Waals surface area (Å²) in [4.78, 5) is 17.7. The van der Waals surface area contributed by atoms with E-state index in [1.807, 2.05) is 37.3 Å². The summed E-state index contributed by atoms with van der Waals surface area (Å²) in [5, 5.41) is 4.30. The molecular formula is C19H21Cl2IN4O. The van der Waals surface area contributed by atoms with Crippen LogP contribution in [-0.2, 0) is 11.3 Å². The number of nitrogens with one attached hydrogen (secondary N) is 1. The third-order valence-electron chi connectivity index (χ3n) is 4.30. The molecule has 0 radical (unpaired) electrons. The van der Waals surface area contributed by atoms with Gasteiger partial charge in [-0.1, -0.05) is 41.4 Å². The van der Waals surface area contributed by atoms with Crippen LogP contribution in [0.2, 0.25) is 10.0 Å². The molecule has 1 heterocycles. The van der Waals surface area contributed by atoms with Crippen molar-refractivity contribution in [2.45, 2.75) is 25.9 Å². The lowest BCUT2D eigenvalue weighted by atomic mass is 10.1. The summed E-state index contributed by atoms with van der Waals surface area (Å²) in [5.74, 6) is 0.481. The van der Waals surface area contributed by atoms with Gasteiger partial charge < -0.3 is 16.0 Å². The van der Waals surface area contributed by atoms with Crippen LogP contribution in [0.4, 0.5) is 5.69 Å². The number of carbonyl (C=O) groups excluding carboxylic acids is 1. The summed E-state index contributed by atoms with van der Waals surface area (Å²) >= 11 is 12.1. The van der Waals surface area contributed by atoms with Crippen molar-refractivity contribution >= 4 is 64.7 Å². The molecule has 0 saturated carbocycles. The highest BCUT2D eigenvalue weighted by molar-refractivity contribution is 14.0. The Balaban J connectivity index is 0.00000261. The molecule has 1 aliphatic heterocycles. The number of β-lactam (4-membered cyclic amide) rings is 1. The first kappa shape index (κ1) is 21.8. The highest BCUT2D eigenvalue weighted by Crippen LogP contribution is 2.26. The van der Waals surface area contributed by atoms with Gasteiger partial charge in [0.05, 0.1) is 12.6 Å². The molecule has 1 atom stereocenters. The lowest BCUT2D eigenvalue weighted by Crippen LogP contribution is -2.43. The van der Waals surface area contributed by atoms with E-state index in [0.29, 0.717) is 29.0 Å². The molecule has 1 amide bonds. The highest BCUT2D eigenvalue weighted by atomic mass is 127. The fraction of sp³-hybridized carbons (Fsp3) is 0.263. The largest absolute Gasteiger partial charge is 0.370 e. The van der Waals surface area contributed by atoms with Gasteiger partial charge in [-0.15, -0.1) is 24.0 Å². The summed E-state index contributed by atoms with van der Waals surface area (Å²) in [6.07, 6.45) is 0.615. The molecule has 2 aromatic carbocycles. The Morgan fingerprint density at radius 3 is 2.70 bits per heavy atom. The Kier molecular flexibility index (Phi) is 7.76. The van der Waals surface area contributed by atoms with E-state index in [-0.39, 0.29) is 35.9 Å². The van der Waals surface area contributed by atoms with E-state index in [1.165, 1.54) is 0 Å². The number of nitrogens with zero attached hydrogens (tertiary/aromatic N) is 2. The maximum atomic E-state index is 11.6. The lowest BCUT2D eigenvalue weighted by molar-refractivity contribution is -0.122. The van der Waals surface area contributed by atoms with Gasteiger partial charge in [-0.05, 0) is 42.3 Å². The Morgan fingerprint density at radius 1 is 1.30 bits per heavy atom. The molecule has 3 N–H and O–H groups in total. The minimum atomic E-state index is -0.103. The number of aliphatic imine (C=N–C) groups is 1. The number of guanidine groups is 1. The second kappa shape index (κ2) is 9.61. The smallest absolute Gasteiger partial charge is 0.228 e. The zero-order chi connectivity index (χ0) is 18.7. The molecule has 0 aromatic heterocycles. The first-order valence-corrected chi connectivity index (χ1v) is 9.10. The number of halogens is 3. The molecule has 27 heavy (non-hydrogen) atoms. The van der Waals surface area contributed by atoms with E-state index in [1.54, 1.807) is 17.0 Å². The number of anilines is 1. The van der Waals surface area contributed by atoms with Crippen LogP contribution in [0.3, 0.4) is 0 Å². The van der Waals surface area contributed by atoms with E-state index in [2.05, 4.69) is 10.3 Å². The normalized spacial score (nSPS) is 15.0. The third kappa shape index (κ3) is 5.49. The molecule has 2 aromatic rings. The lowest BCUT2D eigenvalue weighted by Gasteiger charge is -2.30. The van der Waals surface area contributed by atoms with Gasteiger partial charge in [-0.2, -0.15) is 0 Å². The average Bonchev–Trinajstić information content (AvgIpc) is 2.59. The Bertz CT molecular complexity index is 859. The van der Waals surface area contributed by atoms with Gasteiger partial charge in [-0.25, -0.2) is 4.99 Å². The summed E-state index contributed by atoms with van der Waals surface area (Å²) in [5.41, 5.74) is 8.79. The predicted molar refractivity (Wildman–Crippen MR) is 122 cm³/mol. The van der Waals surface area contributed by atoms with Crippen LogP contribution < -0.4 is 16.0 Å². The van der Waals surface area contributed by atoms with Crippen LogP contribution in [-0.4, -0.2) is 18.4 Å². The number of hydrogen-bond donors (Lipinski definition) is 2. The van der Waals surface area contributed by atoms with Gasteiger partial charge in [0.15, 0.2) is 5.96 Å². The predicted octanol–water partition coefficient (Wildman–Crippen LogP) is 4.51. The van der Waals surface area contributed by atoms with Crippen molar-refractivity contribution in [3.8, 4) is 0 Å². The monoisotopic (exact) mass is 518 g/mol. The number of hydrogen-bond acceptors (Lipinski definition) is 2. The van der Waals surface area contributed by atoms with Gasteiger partial charge in [-0.3, -0.25) is 4.79 Å². The minimum Gasteiger partial charge on any atom is -0.370 e. The molecule has 1 saturated heterocycles. The highest BCUT2D eigenvalue weighted by Gasteiger charge is 2.24.